The van der Waals surface area contributed by atoms with Crippen LogP contribution < -0.4 is 0 Å². The molecule has 0 saturated carbocycles. The van der Waals surface area contributed by atoms with Crippen molar-refractivity contribution >= 4 is 5.97 Å². The van der Waals surface area contributed by atoms with Gasteiger partial charge in [0.25, 0.3) is 0 Å². The van der Waals surface area contributed by atoms with Crippen molar-refractivity contribution < 1.29 is 9.90 Å². The fourth-order valence-corrected chi connectivity index (χ4v) is 1.97. The fourth-order valence-electron chi connectivity index (χ4n) is 1.97. The maximum absolute atomic E-state index is 11.3. The van der Waals surface area contributed by atoms with Gasteiger partial charge in [-0.15, -0.1) is 5.10 Å². The van der Waals surface area contributed by atoms with Gasteiger partial charge in [-0.25, -0.2) is 9.48 Å². The number of hydrogen-bond acceptors (Lipinski definition) is 3. The molecular weight excluding hydrogens is 242 g/mol. The smallest absolute Gasteiger partial charge is 0.358 e. The summed E-state index contributed by atoms with van der Waals surface area (Å²) in [6, 6.07) is 7.74. The van der Waals surface area contributed by atoms with Crippen LogP contribution in [0.25, 0.3) is 5.69 Å². The molecule has 0 fully saturated rings. The quantitative estimate of drug-likeness (QED) is 0.900. The number of aromatic nitrogens is 3. The van der Waals surface area contributed by atoms with E-state index in [0.29, 0.717) is 5.69 Å². The van der Waals surface area contributed by atoms with Crippen LogP contribution in [0, 0.1) is 6.92 Å². The molecule has 2 rings (SSSR count). The van der Waals surface area contributed by atoms with E-state index >= 15 is 0 Å². The van der Waals surface area contributed by atoms with E-state index in [9.17, 15) is 9.90 Å². The Bertz CT molecular complexity index is 607. The van der Waals surface area contributed by atoms with E-state index < -0.39 is 5.97 Å². The van der Waals surface area contributed by atoms with Crippen molar-refractivity contribution in [1.82, 2.24) is 15.0 Å². The number of carbonyl (C=O) groups is 1. The summed E-state index contributed by atoms with van der Waals surface area (Å²) in [5.41, 5.74) is 2.20. The minimum atomic E-state index is -1.05. The lowest BCUT2D eigenvalue weighted by atomic mass is 9.90. The minimum Gasteiger partial charge on any atom is -0.476 e. The fraction of sp³-hybridized carbons (Fsp3) is 0.357. The van der Waals surface area contributed by atoms with Crippen molar-refractivity contribution in [1.29, 1.82) is 0 Å². The summed E-state index contributed by atoms with van der Waals surface area (Å²) in [7, 11) is 0. The Balaban J connectivity index is 2.64. The van der Waals surface area contributed by atoms with Crippen molar-refractivity contribution in [2.75, 3.05) is 0 Å². The monoisotopic (exact) mass is 259 g/mol. The summed E-state index contributed by atoms with van der Waals surface area (Å²) in [5, 5.41) is 17.0. The zero-order chi connectivity index (χ0) is 14.2. The molecule has 0 aliphatic carbocycles. The van der Waals surface area contributed by atoms with Gasteiger partial charge in [0.15, 0.2) is 5.69 Å². The van der Waals surface area contributed by atoms with Crippen LogP contribution in [-0.4, -0.2) is 26.1 Å². The lowest BCUT2D eigenvalue weighted by Gasteiger charge is -2.20. The maximum Gasteiger partial charge on any atom is 0.358 e. The number of aromatic carboxylic acids is 1. The molecule has 1 heterocycles. The largest absolute Gasteiger partial charge is 0.476 e. The van der Waals surface area contributed by atoms with Crippen LogP contribution in [0.4, 0.5) is 0 Å². The SMILES string of the molecule is Cc1ccc(-n2nnc(C(=O)O)c2C(C)(C)C)cc1. The summed E-state index contributed by atoms with van der Waals surface area (Å²) in [5.74, 6) is -1.05. The number of nitrogens with zero attached hydrogens (tertiary/aromatic N) is 3. The molecule has 19 heavy (non-hydrogen) atoms. The van der Waals surface area contributed by atoms with Crippen LogP contribution in [0.3, 0.4) is 0 Å². The van der Waals surface area contributed by atoms with Crippen LogP contribution in [0.5, 0.6) is 0 Å². The Morgan fingerprint density at radius 3 is 2.26 bits per heavy atom. The predicted octanol–water partition coefficient (Wildman–Crippen LogP) is 2.57. The number of benzene rings is 1. The highest BCUT2D eigenvalue weighted by Gasteiger charge is 2.29. The molecular formula is C14H17N3O2. The third-order valence-electron chi connectivity index (χ3n) is 2.86. The van der Waals surface area contributed by atoms with Gasteiger partial charge in [0, 0.05) is 5.41 Å². The zero-order valence-corrected chi connectivity index (χ0v) is 11.5. The van der Waals surface area contributed by atoms with Gasteiger partial charge in [0.1, 0.15) is 0 Å². The van der Waals surface area contributed by atoms with Gasteiger partial charge >= 0.3 is 5.97 Å². The summed E-state index contributed by atoms with van der Waals surface area (Å²) >= 11 is 0. The van der Waals surface area contributed by atoms with E-state index in [-0.39, 0.29) is 11.1 Å². The highest BCUT2D eigenvalue weighted by Crippen LogP contribution is 2.27. The molecule has 1 aromatic carbocycles. The summed E-state index contributed by atoms with van der Waals surface area (Å²) < 4.78 is 1.60. The van der Waals surface area contributed by atoms with Crippen LogP contribution in [0.15, 0.2) is 24.3 Å². The first-order chi connectivity index (χ1) is 8.80. The molecule has 2 aromatic rings. The standard InChI is InChI=1S/C14H17N3O2/c1-9-5-7-10(8-6-9)17-12(14(2,3)4)11(13(18)19)15-16-17/h5-8H,1-4H3,(H,18,19). The van der Waals surface area contributed by atoms with E-state index in [1.165, 1.54) is 0 Å². The Kier molecular flexibility index (Phi) is 3.14. The summed E-state index contributed by atoms with van der Waals surface area (Å²) in [6.07, 6.45) is 0. The Labute approximate surface area is 111 Å². The lowest BCUT2D eigenvalue weighted by molar-refractivity contribution is 0.0687. The highest BCUT2D eigenvalue weighted by molar-refractivity contribution is 5.87. The second kappa shape index (κ2) is 4.50. The van der Waals surface area contributed by atoms with Crippen molar-refractivity contribution in [3.8, 4) is 5.69 Å². The highest BCUT2D eigenvalue weighted by atomic mass is 16.4. The Hall–Kier alpha value is -2.17. The van der Waals surface area contributed by atoms with Crippen molar-refractivity contribution in [2.45, 2.75) is 33.1 Å². The van der Waals surface area contributed by atoms with Crippen molar-refractivity contribution in [2.24, 2.45) is 0 Å². The van der Waals surface area contributed by atoms with E-state index in [4.69, 9.17) is 0 Å². The number of carboxylic acids is 1. The van der Waals surface area contributed by atoms with Crippen molar-refractivity contribution in [3.63, 3.8) is 0 Å². The molecule has 0 bridgehead atoms. The molecule has 0 aliphatic heterocycles. The summed E-state index contributed by atoms with van der Waals surface area (Å²) in [6.45, 7) is 7.84. The first-order valence-corrected chi connectivity index (χ1v) is 6.07. The van der Waals surface area contributed by atoms with Crippen LogP contribution in [-0.2, 0) is 5.41 Å². The maximum atomic E-state index is 11.3. The summed E-state index contributed by atoms with van der Waals surface area (Å²) in [4.78, 5) is 11.3. The molecule has 0 spiro atoms. The lowest BCUT2D eigenvalue weighted by Crippen LogP contribution is -2.21. The Morgan fingerprint density at radius 2 is 1.79 bits per heavy atom. The average Bonchev–Trinajstić information content (AvgIpc) is 2.74. The minimum absolute atomic E-state index is 0.00748. The molecule has 1 aromatic heterocycles. The predicted molar refractivity (Wildman–Crippen MR) is 71.8 cm³/mol. The molecule has 0 radical (unpaired) electrons. The van der Waals surface area contributed by atoms with Gasteiger partial charge in [-0.05, 0) is 19.1 Å². The van der Waals surface area contributed by atoms with E-state index in [0.717, 1.165) is 11.3 Å². The Morgan fingerprint density at radius 1 is 1.21 bits per heavy atom. The van der Waals surface area contributed by atoms with Gasteiger partial charge < -0.3 is 5.11 Å². The number of hydrogen-bond donors (Lipinski definition) is 1. The zero-order valence-electron chi connectivity index (χ0n) is 11.5. The topological polar surface area (TPSA) is 68.0 Å². The van der Waals surface area contributed by atoms with E-state index in [1.54, 1.807) is 4.68 Å². The molecule has 0 saturated heterocycles. The van der Waals surface area contributed by atoms with Gasteiger partial charge in [0.05, 0.1) is 11.4 Å². The number of carboxylic acid groups (broad SMARTS) is 1. The first-order valence-electron chi connectivity index (χ1n) is 6.07. The third-order valence-corrected chi connectivity index (χ3v) is 2.86. The van der Waals surface area contributed by atoms with Crippen LogP contribution in [0.2, 0.25) is 0 Å². The van der Waals surface area contributed by atoms with Gasteiger partial charge in [-0.1, -0.05) is 43.7 Å². The molecule has 0 atom stereocenters. The van der Waals surface area contributed by atoms with E-state index in [2.05, 4.69) is 10.3 Å². The van der Waals surface area contributed by atoms with Gasteiger partial charge in [0.2, 0.25) is 0 Å². The molecule has 0 unspecified atom stereocenters. The normalized spacial score (nSPS) is 11.6. The van der Waals surface area contributed by atoms with Crippen LogP contribution >= 0.6 is 0 Å². The third kappa shape index (κ3) is 2.50. The number of rotatable bonds is 2. The average molecular weight is 259 g/mol. The molecule has 0 aliphatic rings. The molecule has 0 amide bonds. The first kappa shape index (κ1) is 13.3. The van der Waals surface area contributed by atoms with Crippen LogP contribution in [0.1, 0.15) is 42.5 Å². The second-order valence-corrected chi connectivity index (χ2v) is 5.59. The molecule has 5 nitrogen and oxygen atoms in total. The number of aryl methyl sites for hydroxylation is 1. The molecule has 100 valence electrons. The second-order valence-electron chi connectivity index (χ2n) is 5.59. The van der Waals surface area contributed by atoms with E-state index in [1.807, 2.05) is 52.0 Å². The molecule has 1 N–H and O–H groups in total. The van der Waals surface area contributed by atoms with Crippen molar-refractivity contribution in [3.05, 3.63) is 41.2 Å². The molecule has 5 heteroatoms. The van der Waals surface area contributed by atoms with Gasteiger partial charge in [-0.3, -0.25) is 0 Å². The van der Waals surface area contributed by atoms with Gasteiger partial charge in [-0.2, -0.15) is 0 Å².